The van der Waals surface area contributed by atoms with Crippen LogP contribution in [-0.4, -0.2) is 44.6 Å². The van der Waals surface area contributed by atoms with Crippen LogP contribution in [0.15, 0.2) is 23.1 Å². The monoisotopic (exact) mass is 299 g/mol. The molecule has 0 saturated heterocycles. The molecule has 1 N–H and O–H groups in total. The van der Waals surface area contributed by atoms with Gasteiger partial charge in [-0.25, -0.2) is 12.7 Å². The Balaban J connectivity index is 2.23. The molecule has 0 radical (unpaired) electrons. The number of hydrogen-bond donors (Lipinski definition) is 1. The van der Waals surface area contributed by atoms with Crippen LogP contribution in [0.4, 0.5) is 0 Å². The molecule has 0 unspecified atom stereocenters. The van der Waals surface area contributed by atoms with Crippen LogP contribution < -0.4 is 4.74 Å². The molecule has 0 atom stereocenters. The van der Waals surface area contributed by atoms with Gasteiger partial charge in [-0.15, -0.1) is 0 Å². The Hall–Kier alpha value is -1.11. The number of methoxy groups -OCH3 is 1. The van der Waals surface area contributed by atoms with Gasteiger partial charge in [-0.1, -0.05) is 6.07 Å². The van der Waals surface area contributed by atoms with Crippen molar-refractivity contribution in [1.29, 1.82) is 0 Å². The van der Waals surface area contributed by atoms with E-state index in [-0.39, 0.29) is 16.9 Å². The summed E-state index contributed by atoms with van der Waals surface area (Å²) in [6.07, 6.45) is 1.07. The second-order valence-electron chi connectivity index (χ2n) is 5.43. The van der Waals surface area contributed by atoms with Crippen LogP contribution in [0, 0.1) is 12.8 Å². The number of sulfonamides is 1. The van der Waals surface area contributed by atoms with Crippen LogP contribution >= 0.6 is 0 Å². The molecule has 1 aliphatic rings. The first-order valence-corrected chi connectivity index (χ1v) is 8.07. The van der Waals surface area contributed by atoms with Crippen molar-refractivity contribution in [2.45, 2.75) is 30.8 Å². The van der Waals surface area contributed by atoms with Gasteiger partial charge < -0.3 is 9.84 Å². The normalized spacial score (nSPS) is 22.6. The van der Waals surface area contributed by atoms with Gasteiger partial charge in [0.2, 0.25) is 10.0 Å². The van der Waals surface area contributed by atoms with Gasteiger partial charge >= 0.3 is 0 Å². The van der Waals surface area contributed by atoms with Crippen molar-refractivity contribution in [3.63, 3.8) is 0 Å². The molecule has 1 aliphatic carbocycles. The third kappa shape index (κ3) is 2.97. The fourth-order valence-electron chi connectivity index (χ4n) is 2.46. The summed E-state index contributed by atoms with van der Waals surface area (Å²) < 4.78 is 31.7. The average Bonchev–Trinajstić information content (AvgIpc) is 2.36. The lowest BCUT2D eigenvalue weighted by Crippen LogP contribution is -2.39. The van der Waals surface area contributed by atoms with E-state index in [1.807, 2.05) is 13.0 Å². The van der Waals surface area contributed by atoms with Crippen LogP contribution in [0.3, 0.4) is 0 Å². The van der Waals surface area contributed by atoms with Crippen LogP contribution in [0.25, 0.3) is 0 Å². The molecule has 6 heteroatoms. The first kappa shape index (κ1) is 15.3. The quantitative estimate of drug-likeness (QED) is 0.892. The Kier molecular flexibility index (Phi) is 4.36. The van der Waals surface area contributed by atoms with Crippen LogP contribution in [0.5, 0.6) is 5.75 Å². The van der Waals surface area contributed by atoms with Gasteiger partial charge in [-0.2, -0.15) is 0 Å². The van der Waals surface area contributed by atoms with Gasteiger partial charge in [0.25, 0.3) is 0 Å². The van der Waals surface area contributed by atoms with Crippen LogP contribution in [0.1, 0.15) is 18.4 Å². The second kappa shape index (κ2) is 5.71. The van der Waals surface area contributed by atoms with E-state index in [9.17, 15) is 13.5 Å². The van der Waals surface area contributed by atoms with E-state index in [0.29, 0.717) is 25.1 Å². The molecule has 112 valence electrons. The Morgan fingerprint density at radius 1 is 1.40 bits per heavy atom. The largest absolute Gasteiger partial charge is 0.495 e. The lowest BCUT2D eigenvalue weighted by Gasteiger charge is -2.34. The highest BCUT2D eigenvalue weighted by molar-refractivity contribution is 7.89. The maximum atomic E-state index is 12.6. The molecule has 1 aromatic rings. The molecule has 20 heavy (non-hydrogen) atoms. The molecule has 1 fully saturated rings. The predicted octanol–water partition coefficient (Wildman–Crippen LogP) is 1.40. The number of rotatable bonds is 5. The zero-order chi connectivity index (χ0) is 14.9. The lowest BCUT2D eigenvalue weighted by atomic mass is 9.82. The molecule has 0 heterocycles. The first-order valence-electron chi connectivity index (χ1n) is 6.63. The molecule has 0 aromatic heterocycles. The molecular formula is C14H21NO4S. The van der Waals surface area contributed by atoms with Crippen molar-refractivity contribution in [2.24, 2.45) is 5.92 Å². The maximum Gasteiger partial charge on any atom is 0.246 e. The Bertz CT molecular complexity index is 579. The van der Waals surface area contributed by atoms with Crippen LogP contribution in [-0.2, 0) is 10.0 Å². The molecule has 0 aliphatic heterocycles. The van der Waals surface area contributed by atoms with E-state index in [2.05, 4.69) is 0 Å². The van der Waals surface area contributed by atoms with Crippen molar-refractivity contribution < 1.29 is 18.3 Å². The summed E-state index contributed by atoms with van der Waals surface area (Å²) in [7, 11) is -0.531. The van der Waals surface area contributed by atoms with Crippen molar-refractivity contribution in [3.05, 3.63) is 23.8 Å². The van der Waals surface area contributed by atoms with E-state index in [1.165, 1.54) is 11.4 Å². The summed E-state index contributed by atoms with van der Waals surface area (Å²) in [4.78, 5) is 0.197. The summed E-state index contributed by atoms with van der Waals surface area (Å²) in [6.45, 7) is 2.28. The fourth-order valence-corrected chi connectivity index (χ4v) is 3.95. The third-order valence-electron chi connectivity index (χ3n) is 3.73. The van der Waals surface area contributed by atoms with Crippen LogP contribution in [0.2, 0.25) is 0 Å². The van der Waals surface area contributed by atoms with E-state index < -0.39 is 10.0 Å². The lowest BCUT2D eigenvalue weighted by molar-refractivity contribution is 0.0367. The standard InChI is InChI=1S/C14H21NO4S/c1-10-4-5-13(19-3)14(6-10)20(17,18)15(2)9-11-7-12(16)8-11/h4-6,11-12,16H,7-9H2,1-3H3. The predicted molar refractivity (Wildman–Crippen MR) is 76.3 cm³/mol. The van der Waals surface area contributed by atoms with Gasteiger partial charge in [-0.05, 0) is 43.4 Å². The minimum absolute atomic E-state index is 0.197. The van der Waals surface area contributed by atoms with Gasteiger partial charge in [0.05, 0.1) is 13.2 Å². The van der Waals surface area contributed by atoms with Gasteiger partial charge in [-0.3, -0.25) is 0 Å². The summed E-state index contributed by atoms with van der Waals surface area (Å²) in [5.41, 5.74) is 0.872. The number of nitrogens with zero attached hydrogens (tertiary/aromatic N) is 1. The highest BCUT2D eigenvalue weighted by atomic mass is 32.2. The van der Waals surface area contributed by atoms with E-state index >= 15 is 0 Å². The summed E-state index contributed by atoms with van der Waals surface area (Å²) in [5.74, 6) is 0.594. The molecule has 0 amide bonds. The average molecular weight is 299 g/mol. The third-order valence-corrected chi connectivity index (χ3v) is 5.58. The SMILES string of the molecule is COc1ccc(C)cc1S(=O)(=O)N(C)CC1CC(O)C1. The zero-order valence-corrected chi connectivity index (χ0v) is 12.9. The summed E-state index contributed by atoms with van der Waals surface area (Å²) >= 11 is 0. The Morgan fingerprint density at radius 3 is 2.60 bits per heavy atom. The van der Waals surface area contributed by atoms with Crippen molar-refractivity contribution in [3.8, 4) is 5.75 Å². The van der Waals surface area contributed by atoms with Crippen molar-refractivity contribution >= 4 is 10.0 Å². The number of aliphatic hydroxyl groups is 1. The molecule has 0 spiro atoms. The van der Waals surface area contributed by atoms with Crippen molar-refractivity contribution in [1.82, 2.24) is 4.31 Å². The van der Waals surface area contributed by atoms with Gasteiger partial charge in [0.15, 0.2) is 0 Å². The smallest absolute Gasteiger partial charge is 0.246 e. The highest BCUT2D eigenvalue weighted by Gasteiger charge is 2.32. The summed E-state index contributed by atoms with van der Waals surface area (Å²) in [6, 6.07) is 5.11. The Morgan fingerprint density at radius 2 is 2.05 bits per heavy atom. The minimum Gasteiger partial charge on any atom is -0.495 e. The molecule has 5 nitrogen and oxygen atoms in total. The number of aryl methyl sites for hydroxylation is 1. The topological polar surface area (TPSA) is 66.8 Å². The zero-order valence-electron chi connectivity index (χ0n) is 12.0. The summed E-state index contributed by atoms with van der Waals surface area (Å²) in [5, 5.41) is 9.28. The van der Waals surface area contributed by atoms with Gasteiger partial charge in [0, 0.05) is 13.6 Å². The molecule has 2 rings (SSSR count). The molecule has 1 aromatic carbocycles. The number of ether oxygens (including phenoxy) is 1. The Labute approximate surface area is 120 Å². The molecular weight excluding hydrogens is 278 g/mol. The number of benzene rings is 1. The highest BCUT2D eigenvalue weighted by Crippen LogP contribution is 2.31. The van der Waals surface area contributed by atoms with E-state index in [4.69, 9.17) is 4.74 Å². The second-order valence-corrected chi connectivity index (χ2v) is 7.44. The minimum atomic E-state index is -3.57. The first-order chi connectivity index (χ1) is 9.34. The fraction of sp³-hybridized carbons (Fsp3) is 0.571. The maximum absolute atomic E-state index is 12.6. The number of hydrogen-bond acceptors (Lipinski definition) is 4. The van der Waals surface area contributed by atoms with Gasteiger partial charge in [0.1, 0.15) is 10.6 Å². The molecule has 1 saturated carbocycles. The van der Waals surface area contributed by atoms with Crippen molar-refractivity contribution in [2.75, 3.05) is 20.7 Å². The van der Waals surface area contributed by atoms with E-state index in [1.54, 1.807) is 19.2 Å². The number of aliphatic hydroxyl groups excluding tert-OH is 1. The molecule has 0 bridgehead atoms. The van der Waals surface area contributed by atoms with E-state index in [0.717, 1.165) is 5.56 Å².